The van der Waals surface area contributed by atoms with Crippen molar-refractivity contribution in [1.29, 1.82) is 0 Å². The van der Waals surface area contributed by atoms with Crippen LogP contribution in [0.3, 0.4) is 0 Å². The van der Waals surface area contributed by atoms with Crippen molar-refractivity contribution in [2.24, 2.45) is 0 Å². The Morgan fingerprint density at radius 1 is 1.63 bits per heavy atom. The SMILES string of the molecule is COC(=O)[C@@H]1C[C@@H](N(C)C)CN1Cc1cnc(C)[nH]1. The van der Waals surface area contributed by atoms with E-state index in [1.165, 1.54) is 7.11 Å². The van der Waals surface area contributed by atoms with Gasteiger partial charge in [0.15, 0.2) is 0 Å². The van der Waals surface area contributed by atoms with Crippen LogP contribution >= 0.6 is 0 Å². The molecule has 0 radical (unpaired) electrons. The topological polar surface area (TPSA) is 61.5 Å². The lowest BCUT2D eigenvalue weighted by atomic mass is 10.1. The zero-order chi connectivity index (χ0) is 14.0. The quantitative estimate of drug-likeness (QED) is 0.799. The van der Waals surface area contributed by atoms with E-state index < -0.39 is 0 Å². The molecule has 1 aliphatic heterocycles. The molecule has 0 aliphatic carbocycles. The number of hydrogen-bond donors (Lipinski definition) is 1. The van der Waals surface area contributed by atoms with Crippen LogP contribution in [0, 0.1) is 6.92 Å². The molecule has 0 unspecified atom stereocenters. The van der Waals surface area contributed by atoms with Crippen LogP contribution in [0.1, 0.15) is 17.9 Å². The number of aryl methyl sites for hydroxylation is 1. The van der Waals surface area contributed by atoms with Gasteiger partial charge >= 0.3 is 5.97 Å². The first kappa shape index (κ1) is 14.0. The molecular weight excluding hydrogens is 244 g/mol. The van der Waals surface area contributed by atoms with E-state index in [0.29, 0.717) is 12.6 Å². The van der Waals surface area contributed by atoms with Gasteiger partial charge in [0.25, 0.3) is 0 Å². The molecule has 0 amide bonds. The highest BCUT2D eigenvalue weighted by atomic mass is 16.5. The molecule has 1 fully saturated rings. The van der Waals surface area contributed by atoms with Crippen LogP contribution in [0.15, 0.2) is 6.20 Å². The Hall–Kier alpha value is -1.40. The average molecular weight is 266 g/mol. The highest BCUT2D eigenvalue weighted by Crippen LogP contribution is 2.23. The third-order valence-corrected chi connectivity index (χ3v) is 3.71. The lowest BCUT2D eigenvalue weighted by Crippen LogP contribution is -2.36. The zero-order valence-corrected chi connectivity index (χ0v) is 12.0. The number of carbonyl (C=O) groups is 1. The van der Waals surface area contributed by atoms with E-state index in [1.54, 1.807) is 0 Å². The largest absolute Gasteiger partial charge is 0.468 e. The molecule has 6 nitrogen and oxygen atoms in total. The third-order valence-electron chi connectivity index (χ3n) is 3.71. The van der Waals surface area contributed by atoms with Gasteiger partial charge in [0, 0.05) is 31.0 Å². The van der Waals surface area contributed by atoms with Gasteiger partial charge in [0.05, 0.1) is 7.11 Å². The predicted molar refractivity (Wildman–Crippen MR) is 71.6 cm³/mol. The van der Waals surface area contributed by atoms with Crippen molar-refractivity contribution >= 4 is 5.97 Å². The normalized spacial score (nSPS) is 24.1. The van der Waals surface area contributed by atoms with E-state index in [2.05, 4.69) is 19.8 Å². The molecule has 1 saturated heterocycles. The maximum Gasteiger partial charge on any atom is 0.323 e. The maximum atomic E-state index is 11.9. The van der Waals surface area contributed by atoms with E-state index in [-0.39, 0.29) is 12.0 Å². The summed E-state index contributed by atoms with van der Waals surface area (Å²) >= 11 is 0. The number of imidazole rings is 1. The van der Waals surface area contributed by atoms with E-state index in [4.69, 9.17) is 4.74 Å². The van der Waals surface area contributed by atoms with Crippen molar-refractivity contribution in [2.75, 3.05) is 27.7 Å². The summed E-state index contributed by atoms with van der Waals surface area (Å²) in [5, 5.41) is 0. The molecule has 106 valence electrons. The van der Waals surface area contributed by atoms with Crippen LogP contribution < -0.4 is 0 Å². The highest BCUT2D eigenvalue weighted by Gasteiger charge is 2.38. The number of rotatable bonds is 4. The third kappa shape index (κ3) is 3.13. The standard InChI is InChI=1S/C13H22N4O2/c1-9-14-6-10(15-9)7-17-8-11(16(2)3)5-12(17)13(18)19-4/h6,11-12H,5,7-8H2,1-4H3,(H,14,15)/t11-,12+/m1/s1. The molecule has 1 aliphatic rings. The van der Waals surface area contributed by atoms with Gasteiger partial charge in [-0.05, 0) is 27.4 Å². The van der Waals surface area contributed by atoms with Crippen LogP contribution in [0.5, 0.6) is 0 Å². The summed E-state index contributed by atoms with van der Waals surface area (Å²) in [5.74, 6) is 0.744. The number of methoxy groups -OCH3 is 1. The van der Waals surface area contributed by atoms with Gasteiger partial charge in [-0.25, -0.2) is 4.98 Å². The molecule has 6 heteroatoms. The summed E-state index contributed by atoms with van der Waals surface area (Å²) in [6.45, 7) is 3.49. The molecule has 1 aromatic rings. The zero-order valence-electron chi connectivity index (χ0n) is 12.0. The fraction of sp³-hybridized carbons (Fsp3) is 0.692. The number of ether oxygens (including phenoxy) is 1. The molecule has 0 aromatic carbocycles. The number of carbonyl (C=O) groups excluding carboxylic acids is 1. The van der Waals surface area contributed by atoms with Gasteiger partial charge < -0.3 is 14.6 Å². The summed E-state index contributed by atoms with van der Waals surface area (Å²) in [5.41, 5.74) is 1.03. The first-order valence-electron chi connectivity index (χ1n) is 6.50. The first-order chi connectivity index (χ1) is 9.01. The molecule has 0 saturated carbocycles. The Morgan fingerprint density at radius 3 is 2.89 bits per heavy atom. The van der Waals surface area contributed by atoms with E-state index >= 15 is 0 Å². The Labute approximate surface area is 113 Å². The summed E-state index contributed by atoms with van der Waals surface area (Å²) in [7, 11) is 5.54. The highest BCUT2D eigenvalue weighted by molar-refractivity contribution is 5.76. The number of esters is 1. The summed E-state index contributed by atoms with van der Waals surface area (Å²) in [4.78, 5) is 23.6. The first-order valence-corrected chi connectivity index (χ1v) is 6.50. The molecule has 1 N–H and O–H groups in total. The van der Waals surface area contributed by atoms with Crippen molar-refractivity contribution < 1.29 is 9.53 Å². The van der Waals surface area contributed by atoms with Crippen LogP contribution in [0.4, 0.5) is 0 Å². The monoisotopic (exact) mass is 266 g/mol. The Bertz CT molecular complexity index is 444. The maximum absolute atomic E-state index is 11.9. The van der Waals surface area contributed by atoms with Crippen molar-refractivity contribution in [2.45, 2.75) is 32.0 Å². The number of aromatic amines is 1. The van der Waals surface area contributed by atoms with Crippen molar-refractivity contribution in [3.63, 3.8) is 0 Å². The Kier molecular flexibility index (Phi) is 4.21. The lowest BCUT2D eigenvalue weighted by molar-refractivity contribution is -0.146. The Morgan fingerprint density at radius 2 is 2.37 bits per heavy atom. The summed E-state index contributed by atoms with van der Waals surface area (Å²) < 4.78 is 4.91. The molecular formula is C13H22N4O2. The fourth-order valence-corrected chi connectivity index (χ4v) is 2.58. The van der Waals surface area contributed by atoms with Crippen molar-refractivity contribution in [3.8, 4) is 0 Å². The molecule has 19 heavy (non-hydrogen) atoms. The molecule has 1 aromatic heterocycles. The van der Waals surface area contributed by atoms with Gasteiger partial charge in [0.1, 0.15) is 11.9 Å². The molecule has 2 atom stereocenters. The average Bonchev–Trinajstić information content (AvgIpc) is 2.96. The van der Waals surface area contributed by atoms with Gasteiger partial charge in [-0.1, -0.05) is 0 Å². The molecule has 2 heterocycles. The Balaban J connectivity index is 2.09. The number of likely N-dealkylation sites (tertiary alicyclic amines) is 1. The van der Waals surface area contributed by atoms with E-state index in [1.807, 2.05) is 27.2 Å². The minimum Gasteiger partial charge on any atom is -0.468 e. The second-order valence-electron chi connectivity index (χ2n) is 5.32. The van der Waals surface area contributed by atoms with Crippen LogP contribution in [-0.4, -0.2) is 65.6 Å². The second-order valence-corrected chi connectivity index (χ2v) is 5.32. The van der Waals surface area contributed by atoms with E-state index in [0.717, 1.165) is 24.5 Å². The fourth-order valence-electron chi connectivity index (χ4n) is 2.58. The minimum absolute atomic E-state index is 0.152. The van der Waals surface area contributed by atoms with Crippen LogP contribution in [-0.2, 0) is 16.1 Å². The smallest absolute Gasteiger partial charge is 0.323 e. The lowest BCUT2D eigenvalue weighted by Gasteiger charge is -2.21. The van der Waals surface area contributed by atoms with Crippen molar-refractivity contribution in [1.82, 2.24) is 19.8 Å². The molecule has 2 rings (SSSR count). The number of hydrogen-bond acceptors (Lipinski definition) is 5. The summed E-state index contributed by atoms with van der Waals surface area (Å²) in [6.07, 6.45) is 2.64. The number of nitrogens with zero attached hydrogens (tertiary/aromatic N) is 3. The van der Waals surface area contributed by atoms with Crippen LogP contribution in [0.25, 0.3) is 0 Å². The molecule has 0 spiro atoms. The van der Waals surface area contributed by atoms with Gasteiger partial charge in [-0.2, -0.15) is 0 Å². The van der Waals surface area contributed by atoms with Crippen LogP contribution in [0.2, 0.25) is 0 Å². The van der Waals surface area contributed by atoms with Gasteiger partial charge in [-0.3, -0.25) is 9.69 Å². The van der Waals surface area contributed by atoms with Gasteiger partial charge in [0.2, 0.25) is 0 Å². The van der Waals surface area contributed by atoms with E-state index in [9.17, 15) is 4.79 Å². The van der Waals surface area contributed by atoms with Crippen molar-refractivity contribution in [3.05, 3.63) is 17.7 Å². The number of nitrogens with one attached hydrogen (secondary N) is 1. The number of likely N-dealkylation sites (N-methyl/N-ethyl adjacent to an activating group) is 1. The molecule has 0 bridgehead atoms. The minimum atomic E-state index is -0.166. The summed E-state index contributed by atoms with van der Waals surface area (Å²) in [6, 6.07) is 0.217. The number of H-pyrrole nitrogens is 1. The van der Waals surface area contributed by atoms with Gasteiger partial charge in [-0.15, -0.1) is 0 Å². The predicted octanol–water partition coefficient (Wildman–Crippen LogP) is 0.396. The number of aromatic nitrogens is 2. The second kappa shape index (κ2) is 5.71.